The fraction of sp³-hybridized carbons (Fsp3) is 0.188. The quantitative estimate of drug-likeness (QED) is 0.725. The fourth-order valence-electron chi connectivity index (χ4n) is 2.92. The number of rotatable bonds is 3. The van der Waals surface area contributed by atoms with Crippen LogP contribution in [0, 0.1) is 4.91 Å². The lowest BCUT2D eigenvalue weighted by atomic mass is 10.1. The van der Waals surface area contributed by atoms with Gasteiger partial charge in [-0.15, -0.1) is 0 Å². The number of nitrogens with one attached hydrogen (secondary N) is 1. The van der Waals surface area contributed by atoms with E-state index in [0.29, 0.717) is 0 Å². The van der Waals surface area contributed by atoms with Crippen LogP contribution in [0.5, 0.6) is 0 Å². The SMILES string of the molecule is O=NC1CCc2cc(Nc3coc4cnccc34)ccc21. The van der Waals surface area contributed by atoms with E-state index in [9.17, 15) is 4.91 Å². The monoisotopic (exact) mass is 279 g/mol. The van der Waals surface area contributed by atoms with Crippen LogP contribution in [-0.2, 0) is 6.42 Å². The van der Waals surface area contributed by atoms with Gasteiger partial charge in [0.05, 0.1) is 11.9 Å². The normalized spacial score (nSPS) is 16.9. The molecule has 104 valence electrons. The molecular weight excluding hydrogens is 266 g/mol. The first-order valence-electron chi connectivity index (χ1n) is 6.88. The number of aromatic nitrogens is 1. The molecule has 3 aromatic rings. The van der Waals surface area contributed by atoms with Crippen molar-refractivity contribution in [1.82, 2.24) is 4.98 Å². The Balaban J connectivity index is 1.68. The molecule has 1 atom stereocenters. The average Bonchev–Trinajstić information content (AvgIpc) is 3.11. The molecule has 5 nitrogen and oxygen atoms in total. The molecule has 21 heavy (non-hydrogen) atoms. The number of fused-ring (bicyclic) bond motifs is 2. The number of nitroso groups, excluding NO2 is 1. The van der Waals surface area contributed by atoms with Gasteiger partial charge in [-0.2, -0.15) is 4.91 Å². The molecule has 0 bridgehead atoms. The summed E-state index contributed by atoms with van der Waals surface area (Å²) in [5.41, 5.74) is 4.90. The van der Waals surface area contributed by atoms with Crippen LogP contribution in [0.2, 0.25) is 0 Å². The fourth-order valence-corrected chi connectivity index (χ4v) is 2.92. The summed E-state index contributed by atoms with van der Waals surface area (Å²) in [4.78, 5) is 14.8. The van der Waals surface area contributed by atoms with Gasteiger partial charge in [-0.25, -0.2) is 0 Å². The molecule has 1 aliphatic rings. The summed E-state index contributed by atoms with van der Waals surface area (Å²) in [7, 11) is 0. The molecule has 2 aromatic heterocycles. The maximum atomic E-state index is 10.8. The summed E-state index contributed by atoms with van der Waals surface area (Å²) in [5.74, 6) is 0. The number of pyridine rings is 1. The predicted octanol–water partition coefficient (Wildman–Crippen LogP) is 4.33. The number of aryl methyl sites for hydroxylation is 1. The topological polar surface area (TPSA) is 67.5 Å². The van der Waals surface area contributed by atoms with Gasteiger partial charge in [-0.3, -0.25) is 4.98 Å². The molecule has 0 radical (unpaired) electrons. The molecule has 1 N–H and O–H groups in total. The summed E-state index contributed by atoms with van der Waals surface area (Å²) in [6.45, 7) is 0. The third-order valence-corrected chi connectivity index (χ3v) is 3.97. The Labute approximate surface area is 121 Å². The van der Waals surface area contributed by atoms with Gasteiger partial charge in [0, 0.05) is 17.3 Å². The van der Waals surface area contributed by atoms with Crippen LogP contribution < -0.4 is 5.32 Å². The molecule has 0 fully saturated rings. The van der Waals surface area contributed by atoms with Crippen molar-refractivity contribution >= 4 is 22.3 Å². The molecular formula is C16H13N3O2. The minimum Gasteiger partial charge on any atom is -0.460 e. The van der Waals surface area contributed by atoms with Crippen LogP contribution in [0.1, 0.15) is 23.6 Å². The van der Waals surface area contributed by atoms with Crippen molar-refractivity contribution in [2.45, 2.75) is 18.9 Å². The Morgan fingerprint density at radius 2 is 2.29 bits per heavy atom. The van der Waals surface area contributed by atoms with Crippen molar-refractivity contribution in [3.05, 3.63) is 59.0 Å². The zero-order valence-corrected chi connectivity index (χ0v) is 11.2. The van der Waals surface area contributed by atoms with E-state index in [1.165, 1.54) is 5.56 Å². The maximum Gasteiger partial charge on any atom is 0.154 e. The largest absolute Gasteiger partial charge is 0.460 e. The first-order chi connectivity index (χ1) is 10.3. The first kappa shape index (κ1) is 12.1. The zero-order valence-electron chi connectivity index (χ0n) is 11.2. The highest BCUT2D eigenvalue weighted by molar-refractivity contribution is 5.91. The van der Waals surface area contributed by atoms with Gasteiger partial charge >= 0.3 is 0 Å². The van der Waals surface area contributed by atoms with Crippen molar-refractivity contribution < 1.29 is 4.42 Å². The van der Waals surface area contributed by atoms with Gasteiger partial charge in [0.25, 0.3) is 0 Å². The number of furan rings is 1. The standard InChI is InChI=1S/C16H13N3O2/c20-19-14-4-1-10-7-11(2-3-12(10)14)18-15-9-21-16-8-17-6-5-13(15)16/h2-3,5-9,14,18H,1,4H2. The molecule has 1 aliphatic carbocycles. The van der Waals surface area contributed by atoms with Crippen LogP contribution >= 0.6 is 0 Å². The molecule has 0 aliphatic heterocycles. The molecule has 0 amide bonds. The highest BCUT2D eigenvalue weighted by Crippen LogP contribution is 2.36. The minimum absolute atomic E-state index is 0.185. The summed E-state index contributed by atoms with van der Waals surface area (Å²) >= 11 is 0. The highest BCUT2D eigenvalue weighted by Gasteiger charge is 2.23. The Morgan fingerprint density at radius 1 is 1.33 bits per heavy atom. The summed E-state index contributed by atoms with van der Waals surface area (Å²) in [6, 6.07) is 7.78. The Morgan fingerprint density at radius 3 is 3.19 bits per heavy atom. The summed E-state index contributed by atoms with van der Waals surface area (Å²) in [6.07, 6.45) is 6.84. The van der Waals surface area contributed by atoms with Gasteiger partial charge < -0.3 is 9.73 Å². The smallest absolute Gasteiger partial charge is 0.154 e. The lowest BCUT2D eigenvalue weighted by molar-refractivity contribution is 0.615. The third-order valence-electron chi connectivity index (χ3n) is 3.97. The van der Waals surface area contributed by atoms with Crippen molar-refractivity contribution in [1.29, 1.82) is 0 Å². The Bertz CT molecular complexity index is 825. The van der Waals surface area contributed by atoms with E-state index in [0.717, 1.165) is 40.7 Å². The minimum atomic E-state index is -0.185. The lowest BCUT2D eigenvalue weighted by Crippen LogP contribution is -1.92. The second-order valence-electron chi connectivity index (χ2n) is 5.22. The van der Waals surface area contributed by atoms with E-state index in [4.69, 9.17) is 4.42 Å². The Kier molecular flexibility index (Phi) is 2.70. The molecule has 5 heteroatoms. The van der Waals surface area contributed by atoms with Crippen LogP contribution in [0.25, 0.3) is 11.0 Å². The van der Waals surface area contributed by atoms with E-state index in [1.54, 1.807) is 18.7 Å². The molecule has 1 aromatic carbocycles. The molecule has 1 unspecified atom stereocenters. The van der Waals surface area contributed by atoms with Gasteiger partial charge in [0.2, 0.25) is 0 Å². The maximum absolute atomic E-state index is 10.8. The van der Waals surface area contributed by atoms with Crippen LogP contribution in [0.3, 0.4) is 0 Å². The molecule has 2 heterocycles. The van der Waals surface area contributed by atoms with E-state index < -0.39 is 0 Å². The number of anilines is 2. The number of hydrogen-bond acceptors (Lipinski definition) is 5. The lowest BCUT2D eigenvalue weighted by Gasteiger charge is -2.08. The second-order valence-corrected chi connectivity index (χ2v) is 5.22. The van der Waals surface area contributed by atoms with Gasteiger partial charge in [0.1, 0.15) is 12.3 Å². The van der Waals surface area contributed by atoms with Crippen molar-refractivity contribution in [2.24, 2.45) is 5.18 Å². The average molecular weight is 279 g/mol. The van der Waals surface area contributed by atoms with E-state index in [1.807, 2.05) is 18.2 Å². The second kappa shape index (κ2) is 4.70. The first-order valence-corrected chi connectivity index (χ1v) is 6.88. The van der Waals surface area contributed by atoms with Gasteiger partial charge in [0.15, 0.2) is 5.58 Å². The molecule has 0 spiro atoms. The van der Waals surface area contributed by atoms with Crippen LogP contribution in [0.4, 0.5) is 11.4 Å². The number of nitrogens with zero attached hydrogens (tertiary/aromatic N) is 2. The van der Waals surface area contributed by atoms with E-state index >= 15 is 0 Å². The van der Waals surface area contributed by atoms with Crippen molar-refractivity contribution in [3.8, 4) is 0 Å². The van der Waals surface area contributed by atoms with Gasteiger partial charge in [-0.1, -0.05) is 11.2 Å². The molecule has 0 saturated carbocycles. The zero-order chi connectivity index (χ0) is 14.2. The third kappa shape index (κ3) is 1.98. The van der Waals surface area contributed by atoms with Crippen molar-refractivity contribution in [3.63, 3.8) is 0 Å². The van der Waals surface area contributed by atoms with E-state index in [2.05, 4.69) is 21.5 Å². The van der Waals surface area contributed by atoms with E-state index in [-0.39, 0.29) is 6.04 Å². The van der Waals surface area contributed by atoms with Crippen LogP contribution in [0.15, 0.2) is 52.5 Å². The summed E-state index contributed by atoms with van der Waals surface area (Å²) < 4.78 is 5.47. The Hall–Kier alpha value is -2.69. The molecule has 0 saturated heterocycles. The molecule has 4 rings (SSSR count). The summed E-state index contributed by atoms with van der Waals surface area (Å²) in [5, 5.41) is 7.54. The van der Waals surface area contributed by atoms with Crippen LogP contribution in [-0.4, -0.2) is 4.98 Å². The van der Waals surface area contributed by atoms with Gasteiger partial charge in [-0.05, 0) is 42.2 Å². The highest BCUT2D eigenvalue weighted by atomic mass is 16.3. The predicted molar refractivity (Wildman–Crippen MR) is 80.6 cm³/mol. The number of benzene rings is 1. The number of hydrogen-bond donors (Lipinski definition) is 1. The van der Waals surface area contributed by atoms with Crippen molar-refractivity contribution in [2.75, 3.05) is 5.32 Å².